The highest BCUT2D eigenvalue weighted by Crippen LogP contribution is 2.35. The van der Waals surface area contributed by atoms with Crippen molar-refractivity contribution in [3.63, 3.8) is 0 Å². The van der Waals surface area contributed by atoms with Crippen molar-refractivity contribution in [2.75, 3.05) is 11.4 Å². The first-order chi connectivity index (χ1) is 16.0. The lowest BCUT2D eigenvalue weighted by molar-refractivity contribution is -0.117. The molecule has 3 aromatic carbocycles. The topological polar surface area (TPSA) is 38.1 Å². The highest BCUT2D eigenvalue weighted by Gasteiger charge is 2.35. The average molecular weight is 438 g/mol. The summed E-state index contributed by atoms with van der Waals surface area (Å²) >= 11 is 0. The normalized spacial score (nSPS) is 16.2. The van der Waals surface area contributed by atoms with E-state index in [0.717, 1.165) is 35.5 Å². The number of carbonyl (C=O) groups excluding carboxylic acids is 1. The molecule has 33 heavy (non-hydrogen) atoms. The SMILES string of the molecule is CCc1ccccc1N1CC(c2nc3ccccc3n2Cc2c(C)cc(C)cc2C)CC1=O. The summed E-state index contributed by atoms with van der Waals surface area (Å²) in [5, 5.41) is 0. The molecule has 1 aliphatic rings. The molecule has 0 radical (unpaired) electrons. The molecule has 4 heteroatoms. The fourth-order valence-electron chi connectivity index (χ4n) is 5.38. The minimum atomic E-state index is 0.0703. The quantitative estimate of drug-likeness (QED) is 0.379. The standard InChI is InChI=1S/C29H31N3O/c1-5-22-10-6-8-12-26(22)31-17-23(16-28(31)33)29-30-25-11-7-9-13-27(25)32(29)18-24-20(3)14-19(2)15-21(24)4/h6-15,23H,5,16-18H2,1-4H3. The maximum Gasteiger partial charge on any atom is 0.227 e. The number of hydrogen-bond acceptors (Lipinski definition) is 2. The van der Waals surface area contributed by atoms with E-state index in [0.29, 0.717) is 13.0 Å². The third-order valence-electron chi connectivity index (χ3n) is 6.99. The molecule has 5 rings (SSSR count). The molecule has 1 aliphatic heterocycles. The third-order valence-corrected chi connectivity index (χ3v) is 6.99. The van der Waals surface area contributed by atoms with Crippen LogP contribution in [0.2, 0.25) is 0 Å². The Hall–Kier alpha value is -3.40. The Balaban J connectivity index is 1.56. The number of aryl methyl sites for hydroxylation is 4. The number of imidazole rings is 1. The lowest BCUT2D eigenvalue weighted by Crippen LogP contribution is -2.25. The van der Waals surface area contributed by atoms with Crippen molar-refractivity contribution in [3.05, 3.63) is 94.3 Å². The molecule has 2 heterocycles. The van der Waals surface area contributed by atoms with Crippen LogP contribution < -0.4 is 4.90 Å². The monoisotopic (exact) mass is 437 g/mol. The molecule has 1 aromatic heterocycles. The molecule has 0 saturated carbocycles. The first-order valence-electron chi connectivity index (χ1n) is 11.9. The van der Waals surface area contributed by atoms with Crippen LogP contribution in [0.5, 0.6) is 0 Å². The fraction of sp³-hybridized carbons (Fsp3) is 0.310. The number of amides is 1. The zero-order chi connectivity index (χ0) is 23.1. The number of benzene rings is 3. The van der Waals surface area contributed by atoms with Crippen LogP contribution in [0.1, 0.15) is 52.9 Å². The van der Waals surface area contributed by atoms with Gasteiger partial charge in [-0.1, -0.05) is 55.0 Å². The van der Waals surface area contributed by atoms with Crippen molar-refractivity contribution in [2.24, 2.45) is 0 Å². The van der Waals surface area contributed by atoms with E-state index in [9.17, 15) is 4.79 Å². The second-order valence-electron chi connectivity index (χ2n) is 9.31. The van der Waals surface area contributed by atoms with Crippen LogP contribution in [0, 0.1) is 20.8 Å². The Morgan fingerprint density at radius 3 is 2.42 bits per heavy atom. The van der Waals surface area contributed by atoms with Gasteiger partial charge in [-0.3, -0.25) is 4.79 Å². The van der Waals surface area contributed by atoms with E-state index in [1.165, 1.54) is 27.8 Å². The van der Waals surface area contributed by atoms with Gasteiger partial charge in [-0.2, -0.15) is 0 Å². The first kappa shape index (κ1) is 21.4. The predicted octanol–water partition coefficient (Wildman–Crippen LogP) is 6.09. The zero-order valence-corrected chi connectivity index (χ0v) is 19.9. The Morgan fingerprint density at radius 2 is 1.67 bits per heavy atom. The molecule has 1 atom stereocenters. The van der Waals surface area contributed by atoms with Gasteiger partial charge in [-0.25, -0.2) is 4.98 Å². The summed E-state index contributed by atoms with van der Waals surface area (Å²) in [6.07, 6.45) is 1.41. The molecular weight excluding hydrogens is 406 g/mol. The average Bonchev–Trinajstić information content (AvgIpc) is 3.36. The van der Waals surface area contributed by atoms with Gasteiger partial charge in [0.05, 0.1) is 11.0 Å². The summed E-state index contributed by atoms with van der Waals surface area (Å²) < 4.78 is 2.34. The van der Waals surface area contributed by atoms with Crippen LogP contribution in [0.15, 0.2) is 60.7 Å². The molecule has 4 nitrogen and oxygen atoms in total. The number of nitrogens with zero attached hydrogens (tertiary/aromatic N) is 3. The Bertz CT molecular complexity index is 1330. The highest BCUT2D eigenvalue weighted by atomic mass is 16.2. The summed E-state index contributed by atoms with van der Waals surface area (Å²) in [5.74, 6) is 1.27. The number of carbonyl (C=O) groups is 1. The van der Waals surface area contributed by atoms with E-state index in [-0.39, 0.29) is 11.8 Å². The van der Waals surface area contributed by atoms with E-state index in [1.54, 1.807) is 0 Å². The van der Waals surface area contributed by atoms with Gasteiger partial charge < -0.3 is 9.47 Å². The maximum absolute atomic E-state index is 13.1. The second kappa shape index (κ2) is 8.51. The highest BCUT2D eigenvalue weighted by molar-refractivity contribution is 5.97. The van der Waals surface area contributed by atoms with Crippen LogP contribution in [0.4, 0.5) is 5.69 Å². The largest absolute Gasteiger partial charge is 0.323 e. The van der Waals surface area contributed by atoms with E-state index >= 15 is 0 Å². The van der Waals surface area contributed by atoms with Gasteiger partial charge in [0.15, 0.2) is 0 Å². The van der Waals surface area contributed by atoms with Crippen molar-refractivity contribution in [2.45, 2.75) is 53.0 Å². The van der Waals surface area contributed by atoms with Crippen LogP contribution in [-0.4, -0.2) is 22.0 Å². The van der Waals surface area contributed by atoms with Crippen LogP contribution in [0.3, 0.4) is 0 Å². The van der Waals surface area contributed by atoms with Crippen molar-refractivity contribution in [1.82, 2.24) is 9.55 Å². The number of aromatic nitrogens is 2. The lowest BCUT2D eigenvalue weighted by Gasteiger charge is -2.20. The third kappa shape index (κ3) is 3.84. The number of hydrogen-bond donors (Lipinski definition) is 0. The Morgan fingerprint density at radius 1 is 0.970 bits per heavy atom. The number of anilines is 1. The molecule has 1 amide bonds. The minimum Gasteiger partial charge on any atom is -0.323 e. The van der Waals surface area contributed by atoms with E-state index in [2.05, 4.69) is 74.7 Å². The van der Waals surface area contributed by atoms with Crippen LogP contribution >= 0.6 is 0 Å². The molecule has 168 valence electrons. The van der Waals surface area contributed by atoms with Gasteiger partial charge in [-0.05, 0) is 67.6 Å². The lowest BCUT2D eigenvalue weighted by atomic mass is 9.99. The molecule has 0 spiro atoms. The smallest absolute Gasteiger partial charge is 0.227 e. The Labute approximate surface area is 195 Å². The first-order valence-corrected chi connectivity index (χ1v) is 11.9. The molecular formula is C29H31N3O. The summed E-state index contributed by atoms with van der Waals surface area (Å²) in [6.45, 7) is 10.1. The summed E-state index contributed by atoms with van der Waals surface area (Å²) in [5.41, 5.74) is 9.61. The predicted molar refractivity (Wildman–Crippen MR) is 135 cm³/mol. The molecule has 0 N–H and O–H groups in total. The molecule has 1 unspecified atom stereocenters. The minimum absolute atomic E-state index is 0.0703. The van der Waals surface area contributed by atoms with Gasteiger partial charge >= 0.3 is 0 Å². The summed E-state index contributed by atoms with van der Waals surface area (Å²) in [4.78, 5) is 20.2. The zero-order valence-electron chi connectivity index (χ0n) is 19.9. The summed E-state index contributed by atoms with van der Waals surface area (Å²) in [7, 11) is 0. The van der Waals surface area contributed by atoms with Gasteiger partial charge in [0.25, 0.3) is 0 Å². The van der Waals surface area contributed by atoms with Crippen molar-refractivity contribution in [3.8, 4) is 0 Å². The van der Waals surface area contributed by atoms with Gasteiger partial charge in [0.2, 0.25) is 5.91 Å². The van der Waals surface area contributed by atoms with Crippen LogP contribution in [-0.2, 0) is 17.8 Å². The number of rotatable bonds is 5. The van der Waals surface area contributed by atoms with E-state index in [4.69, 9.17) is 4.98 Å². The Kier molecular flexibility index (Phi) is 5.53. The number of fused-ring (bicyclic) bond motifs is 1. The maximum atomic E-state index is 13.1. The summed E-state index contributed by atoms with van der Waals surface area (Å²) in [6, 6.07) is 21.1. The van der Waals surface area contributed by atoms with Gasteiger partial charge in [-0.15, -0.1) is 0 Å². The van der Waals surface area contributed by atoms with Crippen molar-refractivity contribution in [1.29, 1.82) is 0 Å². The van der Waals surface area contributed by atoms with Crippen molar-refractivity contribution >= 4 is 22.6 Å². The van der Waals surface area contributed by atoms with Gasteiger partial charge in [0, 0.05) is 31.1 Å². The van der Waals surface area contributed by atoms with Crippen molar-refractivity contribution < 1.29 is 4.79 Å². The molecule has 0 aliphatic carbocycles. The van der Waals surface area contributed by atoms with Crippen LogP contribution in [0.25, 0.3) is 11.0 Å². The van der Waals surface area contributed by atoms with E-state index in [1.807, 2.05) is 23.1 Å². The molecule has 4 aromatic rings. The van der Waals surface area contributed by atoms with E-state index < -0.39 is 0 Å². The fourth-order valence-corrected chi connectivity index (χ4v) is 5.38. The molecule has 1 fully saturated rings. The van der Waals surface area contributed by atoms with Gasteiger partial charge in [0.1, 0.15) is 5.82 Å². The molecule has 0 bridgehead atoms. The second-order valence-corrected chi connectivity index (χ2v) is 9.31. The molecule has 1 saturated heterocycles. The number of para-hydroxylation sites is 3.